The third-order valence-electron chi connectivity index (χ3n) is 4.93. The minimum absolute atomic E-state index is 0.339. The predicted molar refractivity (Wildman–Crippen MR) is 118 cm³/mol. The van der Waals surface area contributed by atoms with Crippen molar-refractivity contribution in [3.8, 4) is 23.0 Å². The number of para-hydroxylation sites is 2. The van der Waals surface area contributed by atoms with Gasteiger partial charge in [-0.3, -0.25) is 0 Å². The van der Waals surface area contributed by atoms with Crippen LogP contribution in [-0.2, 0) is 0 Å². The van der Waals surface area contributed by atoms with Gasteiger partial charge < -0.3 is 9.47 Å². The number of rotatable bonds is 7. The van der Waals surface area contributed by atoms with Gasteiger partial charge in [-0.05, 0) is 66.1 Å². The fourth-order valence-corrected chi connectivity index (χ4v) is 3.45. The van der Waals surface area contributed by atoms with Gasteiger partial charge in [-0.2, -0.15) is 0 Å². The lowest BCUT2D eigenvalue weighted by molar-refractivity contribution is 0.482. The van der Waals surface area contributed by atoms with Crippen LogP contribution in [0, 0.1) is 0 Å². The first kappa shape index (κ1) is 18.8. The molecule has 0 atom stereocenters. The van der Waals surface area contributed by atoms with Crippen LogP contribution in [0.15, 0.2) is 109 Å². The lowest BCUT2D eigenvalue weighted by Crippen LogP contribution is -1.99. The van der Waals surface area contributed by atoms with Gasteiger partial charge in [0.05, 0.1) is 0 Å². The summed E-state index contributed by atoms with van der Waals surface area (Å²) in [5.74, 6) is 3.73. The smallest absolute Gasteiger partial charge is 0.127 e. The molecular weight excluding hydrogens is 356 g/mol. The molecule has 0 unspecified atom stereocenters. The van der Waals surface area contributed by atoms with Crippen LogP contribution in [-0.4, -0.2) is 0 Å². The van der Waals surface area contributed by atoms with Gasteiger partial charge in [-0.1, -0.05) is 67.6 Å². The second kappa shape index (κ2) is 9.11. The zero-order valence-electron chi connectivity index (χ0n) is 16.5. The zero-order valence-corrected chi connectivity index (χ0v) is 16.5. The average Bonchev–Trinajstić information content (AvgIpc) is 2.78. The minimum atomic E-state index is 0.339. The maximum absolute atomic E-state index is 5.91. The zero-order chi connectivity index (χ0) is 19.9. The van der Waals surface area contributed by atoms with Crippen molar-refractivity contribution in [1.29, 1.82) is 0 Å². The Morgan fingerprint density at radius 3 is 1.17 bits per heavy atom. The van der Waals surface area contributed by atoms with Crippen molar-refractivity contribution in [2.24, 2.45) is 0 Å². The molecule has 0 heterocycles. The van der Waals surface area contributed by atoms with E-state index in [9.17, 15) is 0 Å². The summed E-state index contributed by atoms with van der Waals surface area (Å²) in [5, 5.41) is 0. The van der Waals surface area contributed by atoms with Crippen molar-refractivity contribution >= 4 is 0 Å². The van der Waals surface area contributed by atoms with Crippen LogP contribution >= 0.6 is 0 Å². The molecule has 0 spiro atoms. The molecule has 0 aliphatic carbocycles. The Labute approximate surface area is 172 Å². The standard InChI is InChI=1S/C27H24O2/c1-2-27(21-13-17-25(18-14-21)28-23-9-5-3-6-10-23)22-15-19-26(20-16-22)29-24-11-7-4-8-12-24/h3-20,27H,2H2,1H3. The molecule has 0 amide bonds. The van der Waals surface area contributed by atoms with Crippen LogP contribution in [0.3, 0.4) is 0 Å². The van der Waals surface area contributed by atoms with Crippen molar-refractivity contribution < 1.29 is 9.47 Å². The average molecular weight is 380 g/mol. The molecule has 144 valence electrons. The Morgan fingerprint density at radius 2 is 0.828 bits per heavy atom. The fourth-order valence-electron chi connectivity index (χ4n) is 3.45. The van der Waals surface area contributed by atoms with Gasteiger partial charge in [0.1, 0.15) is 23.0 Å². The molecule has 0 N–H and O–H groups in total. The third-order valence-corrected chi connectivity index (χ3v) is 4.93. The Hall–Kier alpha value is -3.52. The highest BCUT2D eigenvalue weighted by molar-refractivity contribution is 5.40. The van der Waals surface area contributed by atoms with Crippen LogP contribution in [0.4, 0.5) is 0 Å². The van der Waals surface area contributed by atoms with Gasteiger partial charge >= 0.3 is 0 Å². The number of benzene rings is 4. The number of ether oxygens (including phenoxy) is 2. The van der Waals surface area contributed by atoms with Crippen molar-refractivity contribution in [2.45, 2.75) is 19.3 Å². The van der Waals surface area contributed by atoms with Crippen LogP contribution < -0.4 is 9.47 Å². The molecule has 0 radical (unpaired) electrons. The Kier molecular flexibility index (Phi) is 5.92. The van der Waals surface area contributed by atoms with Crippen molar-refractivity contribution in [3.05, 3.63) is 120 Å². The SMILES string of the molecule is CCC(c1ccc(Oc2ccccc2)cc1)c1ccc(Oc2ccccc2)cc1. The molecule has 4 aromatic rings. The van der Waals surface area contributed by atoms with Crippen LogP contribution in [0.5, 0.6) is 23.0 Å². The van der Waals surface area contributed by atoms with Gasteiger partial charge in [0.15, 0.2) is 0 Å². The number of hydrogen-bond donors (Lipinski definition) is 0. The second-order valence-electron chi connectivity index (χ2n) is 6.93. The highest BCUT2D eigenvalue weighted by Gasteiger charge is 2.13. The molecule has 0 aliphatic rings. The van der Waals surface area contributed by atoms with Crippen molar-refractivity contribution in [2.75, 3.05) is 0 Å². The summed E-state index contributed by atoms with van der Waals surface area (Å²) in [4.78, 5) is 0. The molecule has 29 heavy (non-hydrogen) atoms. The molecule has 0 saturated heterocycles. The van der Waals surface area contributed by atoms with Crippen LogP contribution in [0.1, 0.15) is 30.4 Å². The summed E-state index contributed by atoms with van der Waals surface area (Å²) >= 11 is 0. The first-order chi connectivity index (χ1) is 14.3. The molecule has 0 aromatic heterocycles. The molecule has 0 aliphatic heterocycles. The molecule has 0 saturated carbocycles. The molecule has 2 nitrogen and oxygen atoms in total. The van der Waals surface area contributed by atoms with E-state index in [0.717, 1.165) is 29.4 Å². The summed E-state index contributed by atoms with van der Waals surface area (Å²) in [7, 11) is 0. The Balaban J connectivity index is 1.46. The van der Waals surface area contributed by atoms with Gasteiger partial charge in [0.25, 0.3) is 0 Å². The van der Waals surface area contributed by atoms with E-state index < -0.39 is 0 Å². The molecule has 0 bridgehead atoms. The maximum Gasteiger partial charge on any atom is 0.127 e. The summed E-state index contributed by atoms with van der Waals surface area (Å²) in [6.07, 6.45) is 1.03. The minimum Gasteiger partial charge on any atom is -0.457 e. The highest BCUT2D eigenvalue weighted by atomic mass is 16.5. The summed E-state index contributed by atoms with van der Waals surface area (Å²) in [6, 6.07) is 36.5. The van der Waals surface area contributed by atoms with E-state index in [1.807, 2.05) is 84.9 Å². The van der Waals surface area contributed by atoms with Crippen molar-refractivity contribution in [3.63, 3.8) is 0 Å². The van der Waals surface area contributed by atoms with E-state index in [-0.39, 0.29) is 0 Å². The van der Waals surface area contributed by atoms with Gasteiger partial charge in [0, 0.05) is 5.92 Å². The molecule has 4 rings (SSSR count). The first-order valence-corrected chi connectivity index (χ1v) is 9.97. The number of hydrogen-bond acceptors (Lipinski definition) is 2. The molecule has 0 fully saturated rings. The highest BCUT2D eigenvalue weighted by Crippen LogP contribution is 2.32. The molecule has 4 aromatic carbocycles. The Morgan fingerprint density at radius 1 is 0.483 bits per heavy atom. The van der Waals surface area contributed by atoms with E-state index in [0.29, 0.717) is 5.92 Å². The summed E-state index contributed by atoms with van der Waals surface area (Å²) in [6.45, 7) is 2.22. The largest absolute Gasteiger partial charge is 0.457 e. The van der Waals surface area contributed by atoms with E-state index >= 15 is 0 Å². The van der Waals surface area contributed by atoms with E-state index in [1.54, 1.807) is 0 Å². The van der Waals surface area contributed by atoms with Crippen molar-refractivity contribution in [1.82, 2.24) is 0 Å². The van der Waals surface area contributed by atoms with Crippen LogP contribution in [0.2, 0.25) is 0 Å². The molecular formula is C27H24O2. The lowest BCUT2D eigenvalue weighted by Gasteiger charge is -2.17. The third kappa shape index (κ3) is 4.85. The van der Waals surface area contributed by atoms with E-state index in [4.69, 9.17) is 9.47 Å². The van der Waals surface area contributed by atoms with Crippen LogP contribution in [0.25, 0.3) is 0 Å². The lowest BCUT2D eigenvalue weighted by atomic mass is 9.89. The first-order valence-electron chi connectivity index (χ1n) is 9.97. The van der Waals surface area contributed by atoms with Gasteiger partial charge in [-0.15, -0.1) is 0 Å². The fraction of sp³-hybridized carbons (Fsp3) is 0.111. The van der Waals surface area contributed by atoms with Gasteiger partial charge in [-0.25, -0.2) is 0 Å². The topological polar surface area (TPSA) is 18.5 Å². The van der Waals surface area contributed by atoms with E-state index in [1.165, 1.54) is 11.1 Å². The van der Waals surface area contributed by atoms with Gasteiger partial charge in [0.2, 0.25) is 0 Å². The maximum atomic E-state index is 5.91. The normalized spacial score (nSPS) is 10.7. The monoisotopic (exact) mass is 380 g/mol. The summed E-state index contributed by atoms with van der Waals surface area (Å²) < 4.78 is 11.8. The van der Waals surface area contributed by atoms with E-state index in [2.05, 4.69) is 31.2 Å². The molecule has 2 heteroatoms. The Bertz CT molecular complexity index is 923. The quantitative estimate of drug-likeness (QED) is 0.325. The summed E-state index contributed by atoms with van der Waals surface area (Å²) in [5.41, 5.74) is 2.56. The predicted octanol–water partition coefficient (Wildman–Crippen LogP) is 7.81. The second-order valence-corrected chi connectivity index (χ2v) is 6.93.